The molecule has 1 atom stereocenters. The number of nitrogens with one attached hydrogen (secondary N) is 1. The van der Waals surface area contributed by atoms with Crippen LogP contribution in [0.1, 0.15) is 22.9 Å². The summed E-state index contributed by atoms with van der Waals surface area (Å²) in [6, 6.07) is 15.3. The highest BCUT2D eigenvalue weighted by atomic mass is 32.1. The van der Waals surface area contributed by atoms with Crippen LogP contribution >= 0.6 is 11.3 Å². The zero-order chi connectivity index (χ0) is 23.3. The molecule has 4 aromatic rings. The molecule has 5 rings (SSSR count). The van der Waals surface area contributed by atoms with Crippen LogP contribution in [0.4, 0.5) is 5.82 Å². The molecule has 1 aromatic carbocycles. The maximum atomic E-state index is 11.0. The van der Waals surface area contributed by atoms with Crippen LogP contribution in [-0.2, 0) is 11.2 Å². The van der Waals surface area contributed by atoms with Crippen molar-refractivity contribution in [3.05, 3.63) is 70.7 Å². The largest absolute Gasteiger partial charge is 0.378 e. The van der Waals surface area contributed by atoms with Crippen molar-refractivity contribution in [2.75, 3.05) is 37.7 Å². The van der Waals surface area contributed by atoms with Crippen LogP contribution in [0.3, 0.4) is 0 Å². The quantitative estimate of drug-likeness (QED) is 0.395. The summed E-state index contributed by atoms with van der Waals surface area (Å²) in [5.74, 6) is 1.38. The molecule has 1 fully saturated rings. The van der Waals surface area contributed by atoms with Gasteiger partial charge < -0.3 is 14.7 Å². The van der Waals surface area contributed by atoms with E-state index in [1.165, 1.54) is 11.3 Å². The molecule has 2 N–H and O–H groups in total. The third kappa shape index (κ3) is 4.76. The molecule has 0 bridgehead atoms. The van der Waals surface area contributed by atoms with Gasteiger partial charge in [0.25, 0.3) is 0 Å². The van der Waals surface area contributed by atoms with Gasteiger partial charge in [0.1, 0.15) is 22.6 Å². The highest BCUT2D eigenvalue weighted by molar-refractivity contribution is 7.17. The number of aliphatic hydroxyl groups excluding tert-OH is 1. The van der Waals surface area contributed by atoms with Gasteiger partial charge >= 0.3 is 0 Å². The number of benzene rings is 1. The van der Waals surface area contributed by atoms with Gasteiger partial charge in [0.15, 0.2) is 5.82 Å². The highest BCUT2D eigenvalue weighted by Gasteiger charge is 2.24. The number of anilines is 1. The van der Waals surface area contributed by atoms with Crippen LogP contribution < -0.4 is 10.2 Å². The number of hydrogen-bond donors (Lipinski definition) is 2. The fraction of sp³-hybridized carbons (Fsp3) is 0.280. The van der Waals surface area contributed by atoms with Crippen molar-refractivity contribution in [2.45, 2.75) is 12.6 Å². The number of hydrogen-bond acceptors (Lipinski definition) is 9. The van der Waals surface area contributed by atoms with E-state index in [9.17, 15) is 5.11 Å². The summed E-state index contributed by atoms with van der Waals surface area (Å²) in [4.78, 5) is 17.1. The van der Waals surface area contributed by atoms with E-state index in [2.05, 4.69) is 21.3 Å². The van der Waals surface area contributed by atoms with Gasteiger partial charge in [-0.05, 0) is 36.2 Å². The summed E-state index contributed by atoms with van der Waals surface area (Å²) >= 11 is 1.50. The van der Waals surface area contributed by atoms with E-state index in [4.69, 9.17) is 20.0 Å². The Bertz CT molecular complexity index is 1300. The van der Waals surface area contributed by atoms with Crippen molar-refractivity contribution in [3.63, 3.8) is 0 Å². The molecule has 1 saturated heterocycles. The van der Waals surface area contributed by atoms with E-state index < -0.39 is 6.23 Å². The number of ether oxygens (including phenoxy) is 1. The first-order valence-electron chi connectivity index (χ1n) is 11.2. The maximum Gasteiger partial charge on any atom is 0.181 e. The SMILES string of the molecule is N#Cc1ccc(CCNC(O)c2csc3nc(-c4ccccn4)nc(N4CCOCC4)c23)cc1. The molecule has 4 heterocycles. The van der Waals surface area contributed by atoms with Crippen molar-refractivity contribution in [3.8, 4) is 17.6 Å². The van der Waals surface area contributed by atoms with Crippen molar-refractivity contribution in [2.24, 2.45) is 0 Å². The number of thiophene rings is 1. The van der Waals surface area contributed by atoms with Crippen molar-refractivity contribution >= 4 is 27.4 Å². The first-order chi connectivity index (χ1) is 16.7. The molecule has 1 unspecified atom stereocenters. The number of pyridine rings is 1. The van der Waals surface area contributed by atoms with Crippen molar-refractivity contribution in [1.82, 2.24) is 20.3 Å². The number of nitriles is 1. The van der Waals surface area contributed by atoms with Gasteiger partial charge in [-0.3, -0.25) is 10.3 Å². The summed E-state index contributed by atoms with van der Waals surface area (Å²) in [7, 11) is 0. The fourth-order valence-corrected chi connectivity index (χ4v) is 4.92. The number of nitrogens with zero attached hydrogens (tertiary/aromatic N) is 5. The van der Waals surface area contributed by atoms with E-state index in [0.29, 0.717) is 31.1 Å². The fourth-order valence-electron chi connectivity index (χ4n) is 3.97. The van der Waals surface area contributed by atoms with Gasteiger partial charge in [0.05, 0.1) is 30.2 Å². The van der Waals surface area contributed by atoms with E-state index in [1.807, 2.05) is 47.8 Å². The van der Waals surface area contributed by atoms with Gasteiger partial charge in [0, 0.05) is 36.8 Å². The summed E-state index contributed by atoms with van der Waals surface area (Å²) in [6.07, 6.45) is 1.62. The average Bonchev–Trinajstić information content (AvgIpc) is 3.34. The molecule has 0 radical (unpaired) electrons. The first-order valence-corrected chi connectivity index (χ1v) is 12.0. The lowest BCUT2D eigenvalue weighted by molar-refractivity contribution is 0.122. The first kappa shape index (κ1) is 22.4. The Balaban J connectivity index is 1.42. The standard InChI is InChI=1S/C25H24N6O2S/c26-15-18-6-4-17(5-7-18)8-10-28-24(32)19-16-34-25-21(19)23(31-11-13-33-14-12-31)29-22(30-25)20-3-1-2-9-27-20/h1-7,9,16,24,28,32H,8,10-14H2. The van der Waals surface area contributed by atoms with Crippen LogP contribution in [0.5, 0.6) is 0 Å². The number of morpholine rings is 1. The average molecular weight is 473 g/mol. The van der Waals surface area contributed by atoms with E-state index >= 15 is 0 Å². The predicted octanol–water partition coefficient (Wildman–Crippen LogP) is 3.28. The molecule has 9 heteroatoms. The second-order valence-electron chi connectivity index (χ2n) is 7.97. The lowest BCUT2D eigenvalue weighted by Crippen LogP contribution is -2.37. The summed E-state index contributed by atoms with van der Waals surface area (Å²) in [6.45, 7) is 3.31. The number of aromatic nitrogens is 3. The highest BCUT2D eigenvalue weighted by Crippen LogP contribution is 2.36. The normalized spacial score (nSPS) is 14.8. The Labute approximate surface area is 201 Å². The van der Waals surface area contributed by atoms with E-state index in [1.54, 1.807) is 6.20 Å². The second kappa shape index (κ2) is 10.2. The second-order valence-corrected chi connectivity index (χ2v) is 8.83. The molecule has 0 aliphatic carbocycles. The Kier molecular flexibility index (Phi) is 6.74. The molecule has 172 valence electrons. The number of aliphatic hydroxyl groups is 1. The molecule has 1 aliphatic rings. The molecule has 34 heavy (non-hydrogen) atoms. The van der Waals surface area contributed by atoms with Crippen LogP contribution in [0.25, 0.3) is 21.7 Å². The lowest BCUT2D eigenvalue weighted by atomic mass is 10.1. The minimum Gasteiger partial charge on any atom is -0.378 e. The predicted molar refractivity (Wildman–Crippen MR) is 132 cm³/mol. The number of rotatable bonds is 7. The minimum atomic E-state index is -0.851. The third-order valence-corrected chi connectivity index (χ3v) is 6.67. The van der Waals surface area contributed by atoms with Crippen LogP contribution in [-0.4, -0.2) is 52.9 Å². The van der Waals surface area contributed by atoms with E-state index in [0.717, 1.165) is 52.4 Å². The van der Waals surface area contributed by atoms with Gasteiger partial charge in [-0.1, -0.05) is 18.2 Å². The molecular weight excluding hydrogens is 448 g/mol. The maximum absolute atomic E-state index is 11.0. The van der Waals surface area contributed by atoms with Crippen LogP contribution in [0.15, 0.2) is 54.0 Å². The molecule has 0 spiro atoms. The third-order valence-electron chi connectivity index (χ3n) is 5.78. The zero-order valence-electron chi connectivity index (χ0n) is 18.5. The summed E-state index contributed by atoms with van der Waals surface area (Å²) < 4.78 is 5.54. The van der Waals surface area contributed by atoms with Gasteiger partial charge in [-0.2, -0.15) is 5.26 Å². The topological polar surface area (TPSA) is 107 Å². The van der Waals surface area contributed by atoms with Gasteiger partial charge in [-0.15, -0.1) is 11.3 Å². The Morgan fingerprint density at radius 2 is 1.97 bits per heavy atom. The Morgan fingerprint density at radius 3 is 2.71 bits per heavy atom. The Morgan fingerprint density at radius 1 is 1.15 bits per heavy atom. The van der Waals surface area contributed by atoms with Crippen molar-refractivity contribution in [1.29, 1.82) is 5.26 Å². The summed E-state index contributed by atoms with van der Waals surface area (Å²) in [5.41, 5.74) is 3.23. The van der Waals surface area contributed by atoms with E-state index in [-0.39, 0.29) is 0 Å². The monoisotopic (exact) mass is 472 g/mol. The smallest absolute Gasteiger partial charge is 0.181 e. The molecule has 8 nitrogen and oxygen atoms in total. The summed E-state index contributed by atoms with van der Waals surface area (Å²) in [5, 5.41) is 26.0. The molecule has 0 amide bonds. The van der Waals surface area contributed by atoms with Gasteiger partial charge in [-0.25, -0.2) is 9.97 Å². The minimum absolute atomic E-state index is 0.575. The lowest BCUT2D eigenvalue weighted by Gasteiger charge is -2.29. The molecule has 0 saturated carbocycles. The molecular formula is C25H24N6O2S. The van der Waals surface area contributed by atoms with Crippen molar-refractivity contribution < 1.29 is 9.84 Å². The van der Waals surface area contributed by atoms with Crippen LogP contribution in [0.2, 0.25) is 0 Å². The van der Waals surface area contributed by atoms with Crippen LogP contribution in [0, 0.1) is 11.3 Å². The zero-order valence-corrected chi connectivity index (χ0v) is 19.3. The molecule has 1 aliphatic heterocycles. The van der Waals surface area contributed by atoms with Gasteiger partial charge in [0.2, 0.25) is 0 Å². The molecule has 3 aromatic heterocycles. The Hall–Kier alpha value is -3.42. The number of fused-ring (bicyclic) bond motifs is 1.